The predicted molar refractivity (Wildman–Crippen MR) is 104 cm³/mol. The van der Waals surface area contributed by atoms with Crippen molar-refractivity contribution in [3.05, 3.63) is 82.1 Å². The molecule has 0 saturated carbocycles. The molecule has 138 valence electrons. The number of aryl methyl sites for hydroxylation is 1. The molecular formula is C22H22N2O3. The summed E-state index contributed by atoms with van der Waals surface area (Å²) >= 11 is 0. The zero-order valence-corrected chi connectivity index (χ0v) is 15.3. The highest BCUT2D eigenvalue weighted by atomic mass is 16.3. The number of para-hydroxylation sites is 1. The first-order valence-corrected chi connectivity index (χ1v) is 9.13. The van der Waals surface area contributed by atoms with Crippen molar-refractivity contribution < 1.29 is 9.90 Å². The third-order valence-corrected chi connectivity index (χ3v) is 5.43. The van der Waals surface area contributed by atoms with Gasteiger partial charge in [-0.15, -0.1) is 0 Å². The normalized spacial score (nSPS) is 19.6. The van der Waals surface area contributed by atoms with Gasteiger partial charge in [-0.1, -0.05) is 42.5 Å². The van der Waals surface area contributed by atoms with Gasteiger partial charge in [0.1, 0.15) is 12.1 Å². The summed E-state index contributed by atoms with van der Waals surface area (Å²) in [5.74, 6) is -0.0567. The first kappa shape index (κ1) is 17.5. The molecule has 0 radical (unpaired) electrons. The number of carbonyl (C=O) groups is 1. The summed E-state index contributed by atoms with van der Waals surface area (Å²) in [7, 11) is 0. The summed E-state index contributed by atoms with van der Waals surface area (Å²) in [5.41, 5.74) is 1.31. The molecule has 1 aliphatic rings. The summed E-state index contributed by atoms with van der Waals surface area (Å²) < 4.78 is 1.87. The Kier molecular flexibility index (Phi) is 4.32. The fraction of sp³-hybridized carbons (Fsp3) is 0.273. The van der Waals surface area contributed by atoms with Crippen LogP contribution in [-0.2, 0) is 16.9 Å². The third kappa shape index (κ3) is 3.15. The van der Waals surface area contributed by atoms with E-state index in [1.807, 2.05) is 60.0 Å². The molecule has 0 bridgehead atoms. The summed E-state index contributed by atoms with van der Waals surface area (Å²) in [6, 6.07) is 18.4. The molecule has 1 fully saturated rings. The maximum Gasteiger partial charge on any atom is 0.242 e. The van der Waals surface area contributed by atoms with Crippen LogP contribution in [0.4, 0.5) is 0 Å². The molecule has 1 aromatic heterocycles. The van der Waals surface area contributed by atoms with Crippen LogP contribution in [0.3, 0.4) is 0 Å². The topological polar surface area (TPSA) is 62.5 Å². The highest BCUT2D eigenvalue weighted by Gasteiger charge is 2.39. The number of amides is 1. The minimum atomic E-state index is -1.00. The maximum absolute atomic E-state index is 12.9. The molecule has 27 heavy (non-hydrogen) atoms. The third-order valence-electron chi connectivity index (χ3n) is 5.43. The first-order chi connectivity index (χ1) is 13.0. The Morgan fingerprint density at radius 2 is 1.81 bits per heavy atom. The van der Waals surface area contributed by atoms with Crippen LogP contribution >= 0.6 is 0 Å². The van der Waals surface area contributed by atoms with Gasteiger partial charge >= 0.3 is 0 Å². The Balaban J connectivity index is 1.59. The maximum atomic E-state index is 12.9. The molecule has 3 aromatic rings. The standard InChI is InChI=1S/C22H22N2O3/c1-16-13-20(25)18-9-5-6-10-19(18)24(16)14-21(26)23-12-11-22(27,15-23)17-7-3-2-4-8-17/h2-10,13,27H,11-12,14-15H2,1H3. The second-order valence-electron chi connectivity index (χ2n) is 7.22. The van der Waals surface area contributed by atoms with Crippen LogP contribution in [0.25, 0.3) is 10.9 Å². The summed E-state index contributed by atoms with van der Waals surface area (Å²) in [5, 5.41) is 11.6. The van der Waals surface area contributed by atoms with Crippen LogP contribution in [-0.4, -0.2) is 33.6 Å². The van der Waals surface area contributed by atoms with Crippen molar-refractivity contribution in [1.82, 2.24) is 9.47 Å². The van der Waals surface area contributed by atoms with E-state index in [2.05, 4.69) is 0 Å². The molecule has 1 atom stereocenters. The number of nitrogens with zero attached hydrogens (tertiary/aromatic N) is 2. The summed E-state index contributed by atoms with van der Waals surface area (Å²) in [6.45, 7) is 2.79. The fourth-order valence-electron chi connectivity index (χ4n) is 3.89. The lowest BCUT2D eigenvalue weighted by atomic mass is 9.93. The van der Waals surface area contributed by atoms with Gasteiger partial charge in [0.05, 0.1) is 12.1 Å². The van der Waals surface area contributed by atoms with E-state index in [9.17, 15) is 14.7 Å². The van der Waals surface area contributed by atoms with E-state index in [0.29, 0.717) is 18.4 Å². The Morgan fingerprint density at radius 1 is 1.11 bits per heavy atom. The number of hydrogen-bond donors (Lipinski definition) is 1. The second kappa shape index (κ2) is 6.67. The van der Waals surface area contributed by atoms with Crippen LogP contribution in [0.5, 0.6) is 0 Å². The highest BCUT2D eigenvalue weighted by molar-refractivity contribution is 5.83. The molecule has 0 aliphatic carbocycles. The lowest BCUT2D eigenvalue weighted by Crippen LogP contribution is -2.36. The molecule has 5 nitrogen and oxygen atoms in total. The van der Waals surface area contributed by atoms with E-state index < -0.39 is 5.60 Å². The predicted octanol–water partition coefficient (Wildman–Crippen LogP) is 2.43. The lowest BCUT2D eigenvalue weighted by Gasteiger charge is -2.24. The monoisotopic (exact) mass is 362 g/mol. The van der Waals surface area contributed by atoms with Crippen LogP contribution in [0.1, 0.15) is 17.7 Å². The van der Waals surface area contributed by atoms with Gasteiger partial charge in [0.25, 0.3) is 0 Å². The number of likely N-dealkylation sites (tertiary alicyclic amines) is 1. The zero-order chi connectivity index (χ0) is 19.0. The van der Waals surface area contributed by atoms with Gasteiger partial charge in [0.15, 0.2) is 5.43 Å². The number of carbonyl (C=O) groups excluding carboxylic acids is 1. The molecule has 4 rings (SSSR count). The number of rotatable bonds is 3. The van der Waals surface area contributed by atoms with E-state index in [0.717, 1.165) is 16.8 Å². The molecule has 0 spiro atoms. The number of β-amino-alcohol motifs (C(OH)–C–C–N with tert-alkyl or cyclic N) is 1. The van der Waals surface area contributed by atoms with Crippen molar-refractivity contribution in [1.29, 1.82) is 0 Å². The molecule has 1 aliphatic heterocycles. The Hall–Kier alpha value is -2.92. The molecule has 1 amide bonds. The average molecular weight is 362 g/mol. The van der Waals surface area contributed by atoms with E-state index >= 15 is 0 Å². The number of benzene rings is 2. The van der Waals surface area contributed by atoms with Gasteiger partial charge in [-0.3, -0.25) is 9.59 Å². The minimum Gasteiger partial charge on any atom is -0.383 e. The number of aromatic nitrogens is 1. The van der Waals surface area contributed by atoms with Crippen molar-refractivity contribution in [2.75, 3.05) is 13.1 Å². The van der Waals surface area contributed by atoms with Gasteiger partial charge in [0, 0.05) is 23.7 Å². The van der Waals surface area contributed by atoms with E-state index in [4.69, 9.17) is 0 Å². The van der Waals surface area contributed by atoms with Crippen molar-refractivity contribution in [2.45, 2.75) is 25.5 Å². The lowest BCUT2D eigenvalue weighted by molar-refractivity contribution is -0.131. The Bertz CT molecular complexity index is 1060. The smallest absolute Gasteiger partial charge is 0.242 e. The van der Waals surface area contributed by atoms with Crippen LogP contribution in [0.15, 0.2) is 65.5 Å². The molecule has 1 N–H and O–H groups in total. The SMILES string of the molecule is Cc1cc(=O)c2ccccc2n1CC(=O)N1CCC(O)(c2ccccc2)C1. The van der Waals surface area contributed by atoms with Gasteiger partial charge in [-0.05, 0) is 31.0 Å². The fourth-order valence-corrected chi connectivity index (χ4v) is 3.89. The van der Waals surface area contributed by atoms with Crippen LogP contribution in [0.2, 0.25) is 0 Å². The van der Waals surface area contributed by atoms with Crippen molar-refractivity contribution in [3.63, 3.8) is 0 Å². The summed E-state index contributed by atoms with van der Waals surface area (Å²) in [6.07, 6.45) is 0.520. The van der Waals surface area contributed by atoms with E-state index in [-0.39, 0.29) is 24.4 Å². The molecule has 1 unspecified atom stereocenters. The minimum absolute atomic E-state index is 0.0357. The molecule has 5 heteroatoms. The van der Waals surface area contributed by atoms with E-state index in [1.165, 1.54) is 0 Å². The van der Waals surface area contributed by atoms with Crippen molar-refractivity contribution in [3.8, 4) is 0 Å². The van der Waals surface area contributed by atoms with Crippen molar-refractivity contribution >= 4 is 16.8 Å². The van der Waals surface area contributed by atoms with Crippen LogP contribution < -0.4 is 5.43 Å². The quantitative estimate of drug-likeness (QED) is 0.778. The number of hydrogen-bond acceptors (Lipinski definition) is 3. The number of pyridine rings is 1. The van der Waals surface area contributed by atoms with E-state index in [1.54, 1.807) is 17.0 Å². The first-order valence-electron chi connectivity index (χ1n) is 9.13. The van der Waals surface area contributed by atoms with Crippen LogP contribution in [0, 0.1) is 6.92 Å². The molecular weight excluding hydrogens is 340 g/mol. The molecule has 2 heterocycles. The Morgan fingerprint density at radius 3 is 2.59 bits per heavy atom. The van der Waals surface area contributed by atoms with Crippen molar-refractivity contribution in [2.24, 2.45) is 0 Å². The largest absolute Gasteiger partial charge is 0.383 e. The number of aliphatic hydroxyl groups is 1. The van der Waals surface area contributed by atoms with Gasteiger partial charge < -0.3 is 14.6 Å². The zero-order valence-electron chi connectivity index (χ0n) is 15.3. The van der Waals surface area contributed by atoms with Gasteiger partial charge in [-0.2, -0.15) is 0 Å². The summed E-state index contributed by atoms with van der Waals surface area (Å²) in [4.78, 5) is 26.8. The number of fused-ring (bicyclic) bond motifs is 1. The second-order valence-corrected chi connectivity index (χ2v) is 7.22. The average Bonchev–Trinajstić information content (AvgIpc) is 3.09. The Labute approximate surface area is 157 Å². The molecule has 1 saturated heterocycles. The highest BCUT2D eigenvalue weighted by Crippen LogP contribution is 2.32. The van der Waals surface area contributed by atoms with Gasteiger partial charge in [0.2, 0.25) is 5.91 Å². The molecule has 2 aromatic carbocycles. The van der Waals surface area contributed by atoms with Gasteiger partial charge in [-0.25, -0.2) is 0 Å².